The van der Waals surface area contributed by atoms with Gasteiger partial charge in [-0.05, 0) is 6.42 Å². The van der Waals surface area contributed by atoms with Gasteiger partial charge in [-0.25, -0.2) is 4.79 Å². The number of carbonyl (C=O) groups is 1. The largest absolute Gasteiger partial charge is 0.462 e. The molecule has 0 bridgehead atoms. The van der Waals surface area contributed by atoms with Gasteiger partial charge in [0.05, 0.1) is 6.61 Å². The van der Waals surface area contributed by atoms with Crippen LogP contribution in [0.25, 0.3) is 0 Å². The molecule has 0 aromatic carbocycles. The fraction of sp³-hybridized carbons (Fsp3) is 0.786. The Kier molecular flexibility index (Phi) is 11.9. The van der Waals surface area contributed by atoms with Gasteiger partial charge >= 0.3 is 5.97 Å². The van der Waals surface area contributed by atoms with Crippen molar-refractivity contribution in [1.82, 2.24) is 0 Å². The van der Waals surface area contributed by atoms with Crippen molar-refractivity contribution in [2.75, 3.05) is 11.9 Å². The maximum atomic E-state index is 11.2. The minimum atomic E-state index is -0.273. The van der Waals surface area contributed by atoms with E-state index in [1.807, 2.05) is 0 Å². The van der Waals surface area contributed by atoms with Crippen molar-refractivity contribution in [3.05, 3.63) is 12.2 Å². The van der Waals surface area contributed by atoms with Crippen LogP contribution in [0.15, 0.2) is 12.2 Å². The number of rotatable bonds is 11. The highest BCUT2D eigenvalue weighted by atomic mass is 79.9. The van der Waals surface area contributed by atoms with Crippen LogP contribution in [0.1, 0.15) is 58.3 Å². The second-order valence-electron chi connectivity index (χ2n) is 4.35. The zero-order valence-electron chi connectivity index (χ0n) is 11.0. The van der Waals surface area contributed by atoms with Gasteiger partial charge in [0.2, 0.25) is 0 Å². The van der Waals surface area contributed by atoms with Crippen molar-refractivity contribution < 1.29 is 9.53 Å². The van der Waals surface area contributed by atoms with Crippen LogP contribution in [0.5, 0.6) is 0 Å². The Labute approximate surface area is 114 Å². The Bertz CT molecular complexity index is 214. The number of hydrogen-bond acceptors (Lipinski definition) is 2. The molecular weight excluding hydrogens is 280 g/mol. The number of esters is 1. The zero-order chi connectivity index (χ0) is 12.9. The molecule has 0 rings (SSSR count). The first-order valence-corrected chi connectivity index (χ1v) is 7.75. The molecule has 0 atom stereocenters. The summed E-state index contributed by atoms with van der Waals surface area (Å²) in [4.78, 5) is 11.2. The first-order valence-electron chi connectivity index (χ1n) is 6.63. The number of halogens is 1. The van der Waals surface area contributed by atoms with Crippen molar-refractivity contribution in [3.8, 4) is 0 Å². The molecule has 17 heavy (non-hydrogen) atoms. The minimum absolute atomic E-state index is 0.273. The van der Waals surface area contributed by atoms with E-state index in [0.29, 0.717) is 17.5 Å². The molecule has 0 heterocycles. The number of alkyl halides is 1. The third-order valence-corrected chi connectivity index (χ3v) is 3.36. The Balaban J connectivity index is 3.18. The van der Waals surface area contributed by atoms with Crippen LogP contribution in [-0.2, 0) is 9.53 Å². The minimum Gasteiger partial charge on any atom is -0.462 e. The van der Waals surface area contributed by atoms with Crippen LogP contribution in [0.4, 0.5) is 0 Å². The highest BCUT2D eigenvalue weighted by molar-refractivity contribution is 9.09. The number of hydrogen-bond donors (Lipinski definition) is 0. The van der Waals surface area contributed by atoms with Gasteiger partial charge in [0.15, 0.2) is 0 Å². The maximum absolute atomic E-state index is 11.2. The van der Waals surface area contributed by atoms with Crippen LogP contribution in [-0.4, -0.2) is 17.9 Å². The number of unbranched alkanes of at least 4 members (excludes halogenated alkanes) is 7. The van der Waals surface area contributed by atoms with Crippen molar-refractivity contribution >= 4 is 21.9 Å². The van der Waals surface area contributed by atoms with Gasteiger partial charge in [-0.2, -0.15) is 0 Å². The second-order valence-corrected chi connectivity index (χ2v) is 4.91. The van der Waals surface area contributed by atoms with Crippen LogP contribution in [0, 0.1) is 0 Å². The summed E-state index contributed by atoms with van der Waals surface area (Å²) >= 11 is 3.18. The average Bonchev–Trinajstić information content (AvgIpc) is 2.35. The van der Waals surface area contributed by atoms with E-state index in [0.717, 1.165) is 12.8 Å². The van der Waals surface area contributed by atoms with Crippen molar-refractivity contribution in [1.29, 1.82) is 0 Å². The molecule has 0 unspecified atom stereocenters. The SMILES string of the molecule is C=C(CBr)C(=O)OCCCCCCCCCC. The zero-order valence-corrected chi connectivity index (χ0v) is 12.6. The van der Waals surface area contributed by atoms with E-state index >= 15 is 0 Å². The summed E-state index contributed by atoms with van der Waals surface area (Å²) in [5.41, 5.74) is 0.490. The van der Waals surface area contributed by atoms with E-state index < -0.39 is 0 Å². The standard InChI is InChI=1S/C14H25BrO2/c1-3-4-5-6-7-8-9-10-11-17-14(16)13(2)12-15/h2-12H2,1H3. The Hall–Kier alpha value is -0.310. The topological polar surface area (TPSA) is 26.3 Å². The lowest BCUT2D eigenvalue weighted by Gasteiger charge is -2.05. The molecule has 0 saturated heterocycles. The molecule has 0 aromatic heterocycles. The number of ether oxygens (including phenoxy) is 1. The van der Waals surface area contributed by atoms with Gasteiger partial charge < -0.3 is 4.74 Å². The third-order valence-electron chi connectivity index (χ3n) is 2.68. The lowest BCUT2D eigenvalue weighted by molar-refractivity contribution is -0.138. The molecule has 0 spiro atoms. The van der Waals surface area contributed by atoms with Crippen LogP contribution in [0.2, 0.25) is 0 Å². The van der Waals surface area contributed by atoms with E-state index in [-0.39, 0.29) is 5.97 Å². The summed E-state index contributed by atoms with van der Waals surface area (Å²) in [6, 6.07) is 0. The Morgan fingerprint density at radius 3 is 2.12 bits per heavy atom. The number of carbonyl (C=O) groups excluding carboxylic acids is 1. The molecule has 0 amide bonds. The highest BCUT2D eigenvalue weighted by Crippen LogP contribution is 2.08. The van der Waals surface area contributed by atoms with Crippen LogP contribution >= 0.6 is 15.9 Å². The van der Waals surface area contributed by atoms with Crippen molar-refractivity contribution in [2.24, 2.45) is 0 Å². The summed E-state index contributed by atoms with van der Waals surface area (Å²) in [7, 11) is 0. The average molecular weight is 305 g/mol. The smallest absolute Gasteiger partial charge is 0.334 e. The fourth-order valence-corrected chi connectivity index (χ4v) is 1.79. The lowest BCUT2D eigenvalue weighted by atomic mass is 10.1. The van der Waals surface area contributed by atoms with Gasteiger partial charge in [-0.1, -0.05) is 74.4 Å². The van der Waals surface area contributed by atoms with Gasteiger partial charge in [-0.3, -0.25) is 0 Å². The molecule has 0 aliphatic rings. The van der Waals surface area contributed by atoms with E-state index in [1.54, 1.807) is 0 Å². The molecule has 0 aliphatic carbocycles. The summed E-state index contributed by atoms with van der Waals surface area (Å²) in [5.74, 6) is -0.273. The molecule has 0 radical (unpaired) electrons. The Morgan fingerprint density at radius 1 is 1.06 bits per heavy atom. The van der Waals surface area contributed by atoms with Crippen LogP contribution in [0.3, 0.4) is 0 Å². The summed E-state index contributed by atoms with van der Waals surface area (Å²) in [6.45, 7) is 6.37. The molecule has 2 nitrogen and oxygen atoms in total. The quantitative estimate of drug-likeness (QED) is 0.241. The summed E-state index contributed by atoms with van der Waals surface area (Å²) in [5, 5.41) is 0.489. The Morgan fingerprint density at radius 2 is 1.59 bits per heavy atom. The third kappa shape index (κ3) is 10.6. The monoisotopic (exact) mass is 304 g/mol. The van der Waals surface area contributed by atoms with Gasteiger partial charge in [0.25, 0.3) is 0 Å². The molecule has 0 fully saturated rings. The van der Waals surface area contributed by atoms with E-state index in [2.05, 4.69) is 29.4 Å². The molecule has 3 heteroatoms. The lowest BCUT2D eigenvalue weighted by Crippen LogP contribution is -2.08. The first-order chi connectivity index (χ1) is 8.22. The predicted molar refractivity (Wildman–Crippen MR) is 76.5 cm³/mol. The van der Waals surface area contributed by atoms with Crippen LogP contribution < -0.4 is 0 Å². The molecule has 0 saturated carbocycles. The molecule has 0 aliphatic heterocycles. The summed E-state index contributed by atoms with van der Waals surface area (Å²) < 4.78 is 5.07. The van der Waals surface area contributed by atoms with Gasteiger partial charge in [-0.15, -0.1) is 0 Å². The van der Waals surface area contributed by atoms with E-state index in [9.17, 15) is 4.79 Å². The molecule has 0 N–H and O–H groups in total. The first kappa shape index (κ1) is 16.7. The van der Waals surface area contributed by atoms with Gasteiger partial charge in [0, 0.05) is 10.9 Å². The highest BCUT2D eigenvalue weighted by Gasteiger charge is 2.05. The fourth-order valence-electron chi connectivity index (χ4n) is 1.56. The van der Waals surface area contributed by atoms with E-state index in [4.69, 9.17) is 4.74 Å². The van der Waals surface area contributed by atoms with Gasteiger partial charge in [0.1, 0.15) is 0 Å². The molecule has 100 valence electrons. The predicted octanol–water partition coefficient (Wildman–Crippen LogP) is 4.62. The normalized spacial score (nSPS) is 10.2. The second kappa shape index (κ2) is 12.2. The molecule has 0 aromatic rings. The maximum Gasteiger partial charge on any atom is 0.334 e. The van der Waals surface area contributed by atoms with E-state index in [1.165, 1.54) is 38.5 Å². The molecular formula is C14H25BrO2. The summed E-state index contributed by atoms with van der Waals surface area (Å²) in [6.07, 6.45) is 10.0. The van der Waals surface area contributed by atoms with Crippen molar-refractivity contribution in [2.45, 2.75) is 58.3 Å². The van der Waals surface area contributed by atoms with Crippen molar-refractivity contribution in [3.63, 3.8) is 0 Å².